The molecule has 1 rings (SSSR count). The first kappa shape index (κ1) is 14.0. The molecule has 18 heavy (non-hydrogen) atoms. The second-order valence-electron chi connectivity index (χ2n) is 4.89. The maximum absolute atomic E-state index is 11.6. The molecule has 0 atom stereocenters. The summed E-state index contributed by atoms with van der Waals surface area (Å²) in [6, 6.07) is 6.01. The third-order valence-corrected chi connectivity index (χ3v) is 1.97. The third kappa shape index (κ3) is 4.45. The Labute approximate surface area is 106 Å². The average molecular weight is 251 g/mol. The van der Waals surface area contributed by atoms with E-state index in [9.17, 15) is 14.7 Å². The molecule has 98 valence electrons. The molecule has 1 aromatic carbocycles. The van der Waals surface area contributed by atoms with Crippen molar-refractivity contribution in [2.24, 2.45) is 0 Å². The predicted octanol–water partition coefficient (Wildman–Crippen LogP) is 1.46. The molecule has 1 aromatic rings. The number of para-hydroxylation sites is 1. The molecule has 0 bridgehead atoms. The number of ether oxygens (including phenoxy) is 1. The van der Waals surface area contributed by atoms with Crippen LogP contribution in [0.3, 0.4) is 0 Å². The summed E-state index contributed by atoms with van der Waals surface area (Å²) in [5.41, 5.74) is -0.334. The van der Waals surface area contributed by atoms with Crippen molar-refractivity contribution in [3.8, 4) is 5.75 Å². The normalized spacial score (nSPS) is 10.8. The minimum atomic E-state index is -0.725. The van der Waals surface area contributed by atoms with Crippen molar-refractivity contribution in [1.29, 1.82) is 0 Å². The van der Waals surface area contributed by atoms with Crippen LogP contribution in [0.15, 0.2) is 24.3 Å². The molecule has 0 aliphatic heterocycles. The first-order valence-corrected chi connectivity index (χ1v) is 5.56. The Hall–Kier alpha value is -2.04. The minimum Gasteiger partial charge on any atom is -0.507 e. The van der Waals surface area contributed by atoms with E-state index in [0.29, 0.717) is 0 Å². The van der Waals surface area contributed by atoms with Gasteiger partial charge in [0.05, 0.1) is 0 Å². The SMILES string of the molecule is CC(C)(C)NC(=O)COC(=O)c1ccccc1O. The van der Waals surface area contributed by atoms with E-state index >= 15 is 0 Å². The Bertz CT molecular complexity index is 449. The van der Waals surface area contributed by atoms with Crippen LogP contribution < -0.4 is 5.32 Å². The van der Waals surface area contributed by atoms with Gasteiger partial charge in [-0.1, -0.05) is 12.1 Å². The van der Waals surface area contributed by atoms with Crippen molar-refractivity contribution in [1.82, 2.24) is 5.32 Å². The van der Waals surface area contributed by atoms with Crippen molar-refractivity contribution >= 4 is 11.9 Å². The smallest absolute Gasteiger partial charge is 0.342 e. The molecule has 0 aliphatic carbocycles. The Morgan fingerprint density at radius 2 is 1.89 bits per heavy atom. The highest BCUT2D eigenvalue weighted by molar-refractivity contribution is 5.93. The molecule has 5 nitrogen and oxygen atoms in total. The number of aromatic hydroxyl groups is 1. The number of amides is 1. The van der Waals surface area contributed by atoms with Crippen LogP contribution in [0.4, 0.5) is 0 Å². The Morgan fingerprint density at radius 3 is 2.44 bits per heavy atom. The molecule has 0 saturated carbocycles. The molecule has 0 radical (unpaired) electrons. The molecule has 0 heterocycles. The van der Waals surface area contributed by atoms with Crippen LogP contribution in [0.5, 0.6) is 5.75 Å². The van der Waals surface area contributed by atoms with Crippen molar-refractivity contribution in [3.63, 3.8) is 0 Å². The van der Waals surface area contributed by atoms with E-state index in [4.69, 9.17) is 4.74 Å². The van der Waals surface area contributed by atoms with Gasteiger partial charge in [-0.2, -0.15) is 0 Å². The van der Waals surface area contributed by atoms with Crippen LogP contribution in [0.2, 0.25) is 0 Å². The number of carbonyl (C=O) groups is 2. The van der Waals surface area contributed by atoms with E-state index in [1.54, 1.807) is 12.1 Å². The van der Waals surface area contributed by atoms with Crippen molar-refractivity contribution in [3.05, 3.63) is 29.8 Å². The van der Waals surface area contributed by atoms with Gasteiger partial charge in [-0.25, -0.2) is 4.79 Å². The first-order chi connectivity index (χ1) is 8.29. The molecular formula is C13H17NO4. The Kier molecular flexibility index (Phi) is 4.31. The highest BCUT2D eigenvalue weighted by Crippen LogP contribution is 2.16. The number of benzene rings is 1. The van der Waals surface area contributed by atoms with Gasteiger partial charge in [0.1, 0.15) is 11.3 Å². The third-order valence-electron chi connectivity index (χ3n) is 1.97. The maximum Gasteiger partial charge on any atom is 0.342 e. The zero-order valence-corrected chi connectivity index (χ0v) is 10.7. The van der Waals surface area contributed by atoms with E-state index < -0.39 is 5.97 Å². The summed E-state index contributed by atoms with van der Waals surface area (Å²) in [5, 5.41) is 12.1. The lowest BCUT2D eigenvalue weighted by Crippen LogP contribution is -2.42. The van der Waals surface area contributed by atoms with E-state index in [2.05, 4.69) is 5.32 Å². The van der Waals surface area contributed by atoms with Gasteiger partial charge in [0.2, 0.25) is 0 Å². The molecule has 2 N–H and O–H groups in total. The van der Waals surface area contributed by atoms with Crippen molar-refractivity contribution < 1.29 is 19.4 Å². The van der Waals surface area contributed by atoms with E-state index in [-0.39, 0.29) is 29.4 Å². The lowest BCUT2D eigenvalue weighted by Gasteiger charge is -2.20. The number of phenols is 1. The van der Waals surface area contributed by atoms with E-state index in [1.807, 2.05) is 20.8 Å². The molecule has 0 aliphatic rings. The fourth-order valence-corrected chi connectivity index (χ4v) is 1.31. The number of hydrogen-bond acceptors (Lipinski definition) is 4. The minimum absolute atomic E-state index is 0.0426. The highest BCUT2D eigenvalue weighted by Gasteiger charge is 2.17. The van der Waals surface area contributed by atoms with Crippen LogP contribution in [0.25, 0.3) is 0 Å². The van der Waals surface area contributed by atoms with Crippen LogP contribution in [-0.2, 0) is 9.53 Å². The summed E-state index contributed by atoms with van der Waals surface area (Å²) in [7, 11) is 0. The summed E-state index contributed by atoms with van der Waals surface area (Å²) in [6.45, 7) is 5.12. The summed E-state index contributed by atoms with van der Waals surface area (Å²) >= 11 is 0. The number of hydrogen-bond donors (Lipinski definition) is 2. The molecule has 5 heteroatoms. The first-order valence-electron chi connectivity index (χ1n) is 5.56. The Morgan fingerprint density at radius 1 is 1.28 bits per heavy atom. The van der Waals surface area contributed by atoms with Gasteiger partial charge in [-0.3, -0.25) is 4.79 Å². The van der Waals surface area contributed by atoms with Gasteiger partial charge in [0, 0.05) is 5.54 Å². The van der Waals surface area contributed by atoms with Crippen LogP contribution >= 0.6 is 0 Å². The quantitative estimate of drug-likeness (QED) is 0.797. The standard InChI is InChI=1S/C13H17NO4/c1-13(2,3)14-11(16)8-18-12(17)9-6-4-5-7-10(9)15/h4-7,15H,8H2,1-3H3,(H,14,16). The van der Waals surface area contributed by atoms with E-state index in [0.717, 1.165) is 0 Å². The number of phenolic OH excluding ortho intramolecular Hbond substituents is 1. The van der Waals surface area contributed by atoms with Crippen LogP contribution in [0, 0.1) is 0 Å². The molecule has 0 unspecified atom stereocenters. The van der Waals surface area contributed by atoms with Gasteiger partial charge in [0.15, 0.2) is 6.61 Å². The van der Waals surface area contributed by atoms with Gasteiger partial charge in [0.25, 0.3) is 5.91 Å². The second-order valence-corrected chi connectivity index (χ2v) is 4.89. The zero-order chi connectivity index (χ0) is 13.8. The topological polar surface area (TPSA) is 75.6 Å². The molecular weight excluding hydrogens is 234 g/mol. The maximum atomic E-state index is 11.6. The van der Waals surface area contributed by atoms with Crippen molar-refractivity contribution in [2.45, 2.75) is 26.3 Å². The van der Waals surface area contributed by atoms with Crippen molar-refractivity contribution in [2.75, 3.05) is 6.61 Å². The van der Waals surface area contributed by atoms with Gasteiger partial charge < -0.3 is 15.2 Å². The highest BCUT2D eigenvalue weighted by atomic mass is 16.5. The molecule has 0 spiro atoms. The molecule has 1 amide bonds. The average Bonchev–Trinajstić information content (AvgIpc) is 2.24. The fourth-order valence-electron chi connectivity index (χ4n) is 1.31. The van der Waals surface area contributed by atoms with Gasteiger partial charge in [-0.15, -0.1) is 0 Å². The lowest BCUT2D eigenvalue weighted by atomic mass is 10.1. The molecule has 0 aromatic heterocycles. The van der Waals surface area contributed by atoms with Crippen LogP contribution in [0.1, 0.15) is 31.1 Å². The van der Waals surface area contributed by atoms with E-state index in [1.165, 1.54) is 12.1 Å². The number of nitrogens with one attached hydrogen (secondary N) is 1. The number of carbonyl (C=O) groups excluding carboxylic acids is 2. The fraction of sp³-hybridized carbons (Fsp3) is 0.385. The van der Waals surface area contributed by atoms with Gasteiger partial charge in [-0.05, 0) is 32.9 Å². The monoisotopic (exact) mass is 251 g/mol. The number of esters is 1. The summed E-state index contributed by atoms with van der Waals surface area (Å²) in [5.74, 6) is -1.28. The number of rotatable bonds is 3. The molecule has 0 fully saturated rings. The lowest BCUT2D eigenvalue weighted by molar-refractivity contribution is -0.125. The second kappa shape index (κ2) is 5.53. The largest absolute Gasteiger partial charge is 0.507 e. The van der Waals surface area contributed by atoms with Crippen LogP contribution in [-0.4, -0.2) is 29.1 Å². The zero-order valence-electron chi connectivity index (χ0n) is 10.7. The summed E-state index contributed by atoms with van der Waals surface area (Å²) in [6.07, 6.45) is 0. The Balaban J connectivity index is 2.52. The summed E-state index contributed by atoms with van der Waals surface area (Å²) in [4.78, 5) is 23.0. The predicted molar refractivity (Wildman–Crippen MR) is 66.3 cm³/mol. The summed E-state index contributed by atoms with van der Waals surface area (Å²) < 4.78 is 4.81. The molecule has 0 saturated heterocycles. The van der Waals surface area contributed by atoms with Gasteiger partial charge >= 0.3 is 5.97 Å².